The summed E-state index contributed by atoms with van der Waals surface area (Å²) >= 11 is 6.34. The van der Waals surface area contributed by atoms with E-state index in [1.54, 1.807) is 43.3 Å². The first kappa shape index (κ1) is 21.0. The Morgan fingerprint density at radius 2 is 2.00 bits per heavy atom. The molecule has 2 aromatic carbocycles. The average molecular weight is 427 g/mol. The van der Waals surface area contributed by atoms with Crippen molar-refractivity contribution in [2.45, 2.75) is 0 Å². The fourth-order valence-corrected chi connectivity index (χ4v) is 3.05. The van der Waals surface area contributed by atoms with Gasteiger partial charge in [0.2, 0.25) is 5.95 Å². The maximum absolute atomic E-state index is 12.2. The molecule has 0 spiro atoms. The number of para-hydroxylation sites is 1. The summed E-state index contributed by atoms with van der Waals surface area (Å²) in [6.45, 7) is 0. The Morgan fingerprint density at radius 1 is 1.23 bits per heavy atom. The highest BCUT2D eigenvalue weighted by Gasteiger charge is 2.18. The first-order valence-corrected chi connectivity index (χ1v) is 9.22. The molecular formula is C20H19ClN6O3. The molecule has 2 N–H and O–H groups in total. The molecule has 0 atom stereocenters. The number of halogens is 1. The van der Waals surface area contributed by atoms with Crippen molar-refractivity contribution in [2.24, 2.45) is 5.18 Å². The van der Waals surface area contributed by atoms with Crippen molar-refractivity contribution in [3.8, 4) is 5.75 Å². The van der Waals surface area contributed by atoms with Gasteiger partial charge in [-0.15, -0.1) is 4.91 Å². The molecule has 0 unspecified atom stereocenters. The molecule has 3 aromatic rings. The quantitative estimate of drug-likeness (QED) is 0.538. The Kier molecular flexibility index (Phi) is 6.43. The highest BCUT2D eigenvalue weighted by molar-refractivity contribution is 6.33. The van der Waals surface area contributed by atoms with Crippen molar-refractivity contribution in [2.75, 3.05) is 31.4 Å². The average Bonchev–Trinajstić information content (AvgIpc) is 2.79. The molecule has 0 saturated carbocycles. The first-order chi connectivity index (χ1) is 14.5. The number of nitrogens with one attached hydrogen (secondary N) is 2. The number of hydrogen-bond donors (Lipinski definition) is 2. The minimum absolute atomic E-state index is 0.222. The van der Waals surface area contributed by atoms with E-state index in [9.17, 15) is 9.70 Å². The fraction of sp³-hybridized carbons (Fsp3) is 0.150. The number of methoxy groups -OCH3 is 1. The summed E-state index contributed by atoms with van der Waals surface area (Å²) in [5, 5.41) is 8.85. The van der Waals surface area contributed by atoms with Gasteiger partial charge in [-0.3, -0.25) is 4.79 Å². The van der Waals surface area contributed by atoms with Gasteiger partial charge in [0.05, 0.1) is 30.2 Å². The monoisotopic (exact) mass is 426 g/mol. The van der Waals surface area contributed by atoms with E-state index < -0.39 is 0 Å². The fourth-order valence-electron chi connectivity index (χ4n) is 2.83. The van der Waals surface area contributed by atoms with E-state index in [1.165, 1.54) is 25.4 Å². The van der Waals surface area contributed by atoms with Gasteiger partial charge in [-0.05, 0) is 35.5 Å². The van der Waals surface area contributed by atoms with Crippen LogP contribution in [0.25, 0.3) is 0 Å². The number of anilines is 4. The second-order valence-electron chi connectivity index (χ2n) is 6.12. The zero-order chi connectivity index (χ0) is 21.7. The number of nitrogens with zero attached hydrogens (tertiary/aromatic N) is 4. The normalized spacial score (nSPS) is 10.3. The van der Waals surface area contributed by atoms with Crippen LogP contribution in [-0.4, -0.2) is 37.1 Å². The van der Waals surface area contributed by atoms with Gasteiger partial charge in [-0.2, -0.15) is 4.98 Å². The molecule has 0 aliphatic rings. The molecule has 0 saturated heterocycles. The summed E-state index contributed by atoms with van der Waals surface area (Å²) in [7, 11) is 4.82. The standard InChI is InChI=1S/C20H19ClN6O3/c1-22-19(28)13-6-4-5-7-16(13)27(2)18-14(21)11-23-20(25-18)24-15-10-12(26-29)8-9-17(15)30-3/h4-11H,1-3H3,(H,22,28)(H,23,24,25). The molecule has 3 rings (SSSR count). The minimum atomic E-state index is -0.233. The van der Waals surface area contributed by atoms with Crippen LogP contribution in [-0.2, 0) is 0 Å². The van der Waals surface area contributed by atoms with Crippen molar-refractivity contribution >= 4 is 46.3 Å². The van der Waals surface area contributed by atoms with E-state index in [4.69, 9.17) is 16.3 Å². The lowest BCUT2D eigenvalue weighted by Gasteiger charge is -2.22. The smallest absolute Gasteiger partial charge is 0.253 e. The molecule has 0 aliphatic heterocycles. The summed E-state index contributed by atoms with van der Waals surface area (Å²) < 4.78 is 5.30. The van der Waals surface area contributed by atoms with Crippen LogP contribution < -0.4 is 20.3 Å². The Labute approximate surface area is 178 Å². The first-order valence-electron chi connectivity index (χ1n) is 8.84. The van der Waals surface area contributed by atoms with Gasteiger partial charge >= 0.3 is 0 Å². The van der Waals surface area contributed by atoms with Crippen LogP contribution in [0.1, 0.15) is 10.4 Å². The molecule has 1 amide bonds. The summed E-state index contributed by atoms with van der Waals surface area (Å²) in [6.07, 6.45) is 1.44. The topological polar surface area (TPSA) is 109 Å². The molecule has 0 bridgehead atoms. The van der Waals surface area contributed by atoms with E-state index >= 15 is 0 Å². The minimum Gasteiger partial charge on any atom is -0.495 e. The van der Waals surface area contributed by atoms with Crippen molar-refractivity contribution in [1.82, 2.24) is 15.3 Å². The summed E-state index contributed by atoms with van der Waals surface area (Å²) in [5.41, 5.74) is 1.78. The van der Waals surface area contributed by atoms with E-state index in [-0.39, 0.29) is 17.5 Å². The van der Waals surface area contributed by atoms with E-state index in [0.717, 1.165) is 0 Å². The zero-order valence-corrected chi connectivity index (χ0v) is 17.3. The number of ether oxygens (including phenoxy) is 1. The van der Waals surface area contributed by atoms with Crippen LogP contribution in [0, 0.1) is 4.91 Å². The molecule has 154 valence electrons. The Balaban J connectivity index is 1.99. The largest absolute Gasteiger partial charge is 0.495 e. The lowest BCUT2D eigenvalue weighted by atomic mass is 10.1. The molecule has 0 aliphatic carbocycles. The zero-order valence-electron chi connectivity index (χ0n) is 16.5. The second-order valence-corrected chi connectivity index (χ2v) is 6.53. The maximum Gasteiger partial charge on any atom is 0.253 e. The number of benzene rings is 2. The lowest BCUT2D eigenvalue weighted by Crippen LogP contribution is -2.22. The van der Waals surface area contributed by atoms with Crippen molar-refractivity contribution < 1.29 is 9.53 Å². The highest BCUT2D eigenvalue weighted by atomic mass is 35.5. The van der Waals surface area contributed by atoms with Crippen molar-refractivity contribution in [1.29, 1.82) is 0 Å². The Hall–Kier alpha value is -3.72. The molecule has 30 heavy (non-hydrogen) atoms. The molecule has 0 radical (unpaired) electrons. The third-order valence-corrected chi connectivity index (χ3v) is 4.58. The maximum atomic E-state index is 12.2. The third-order valence-electron chi connectivity index (χ3n) is 4.32. The summed E-state index contributed by atoms with van der Waals surface area (Å²) in [4.78, 5) is 33.5. The predicted molar refractivity (Wildman–Crippen MR) is 117 cm³/mol. The Bertz CT molecular complexity index is 1090. The molecule has 9 nitrogen and oxygen atoms in total. The van der Waals surface area contributed by atoms with Crippen LogP contribution in [0.3, 0.4) is 0 Å². The van der Waals surface area contributed by atoms with Crippen LogP contribution >= 0.6 is 11.6 Å². The van der Waals surface area contributed by atoms with Gasteiger partial charge in [-0.25, -0.2) is 4.98 Å². The van der Waals surface area contributed by atoms with E-state index in [1.807, 2.05) is 6.07 Å². The lowest BCUT2D eigenvalue weighted by molar-refractivity contribution is 0.0963. The summed E-state index contributed by atoms with van der Waals surface area (Å²) in [6, 6.07) is 11.8. The van der Waals surface area contributed by atoms with Gasteiger partial charge in [-0.1, -0.05) is 23.7 Å². The third kappa shape index (κ3) is 4.31. The second kappa shape index (κ2) is 9.19. The number of amides is 1. The van der Waals surface area contributed by atoms with Gasteiger partial charge < -0.3 is 20.3 Å². The molecule has 1 aromatic heterocycles. The number of hydrogen-bond acceptors (Lipinski definition) is 8. The van der Waals surface area contributed by atoms with Crippen molar-refractivity contribution in [3.63, 3.8) is 0 Å². The SMILES string of the molecule is CNC(=O)c1ccccc1N(C)c1nc(Nc2cc(N=O)ccc2OC)ncc1Cl. The van der Waals surface area contributed by atoms with Gasteiger partial charge in [0, 0.05) is 14.1 Å². The highest BCUT2D eigenvalue weighted by Crippen LogP contribution is 2.34. The molecule has 10 heteroatoms. The van der Waals surface area contributed by atoms with Gasteiger partial charge in [0.25, 0.3) is 5.91 Å². The molecule has 0 fully saturated rings. The van der Waals surface area contributed by atoms with E-state index in [0.29, 0.717) is 33.5 Å². The number of rotatable bonds is 7. The van der Waals surface area contributed by atoms with Crippen LogP contribution in [0.5, 0.6) is 5.75 Å². The van der Waals surface area contributed by atoms with E-state index in [2.05, 4.69) is 25.8 Å². The number of carbonyl (C=O) groups is 1. The number of aromatic nitrogens is 2. The van der Waals surface area contributed by atoms with Gasteiger partial charge in [0.1, 0.15) is 16.5 Å². The molecular weight excluding hydrogens is 408 g/mol. The number of carbonyl (C=O) groups excluding carboxylic acids is 1. The van der Waals surface area contributed by atoms with Crippen molar-refractivity contribution in [3.05, 3.63) is 64.2 Å². The van der Waals surface area contributed by atoms with Crippen LogP contribution in [0.15, 0.2) is 53.8 Å². The summed E-state index contributed by atoms with van der Waals surface area (Å²) in [5.74, 6) is 0.860. The van der Waals surface area contributed by atoms with Crippen LogP contribution in [0.2, 0.25) is 5.02 Å². The molecule has 1 heterocycles. The predicted octanol–water partition coefficient (Wildman–Crippen LogP) is 4.41. The Morgan fingerprint density at radius 3 is 2.70 bits per heavy atom. The number of nitroso groups, excluding NO2 is 1. The van der Waals surface area contributed by atoms with Gasteiger partial charge in [0.15, 0.2) is 5.82 Å². The van der Waals surface area contributed by atoms with Crippen LogP contribution in [0.4, 0.5) is 28.8 Å².